The maximum Gasteiger partial charge on any atom is 0.320 e. The molecule has 0 radical (unpaired) electrons. The fraction of sp³-hybridized carbons (Fsp3) is 0.571. The first-order valence-electron chi connectivity index (χ1n) is 17.1. The molecule has 4 aliphatic carbocycles. The average molecular weight is 716 g/mol. The van der Waals surface area contributed by atoms with Crippen LogP contribution in [0.2, 0.25) is 0 Å². The number of carboxylic acid groups (broad SMARTS) is 1. The Hall–Kier alpha value is -3.92. The van der Waals surface area contributed by atoms with Gasteiger partial charge in [-0.1, -0.05) is 38.3 Å². The van der Waals surface area contributed by atoms with Gasteiger partial charge < -0.3 is 41.3 Å². The zero-order valence-corrected chi connectivity index (χ0v) is 28.7. The van der Waals surface area contributed by atoms with E-state index in [9.17, 15) is 44.4 Å². The van der Waals surface area contributed by atoms with Gasteiger partial charge in [-0.05, 0) is 43.9 Å². The number of esters is 1. The number of aliphatic hydroxyl groups is 3. The molecular weight excluding hydrogens is 670 g/mol. The lowest BCUT2D eigenvalue weighted by atomic mass is 9.56. The maximum absolute atomic E-state index is 14.2. The van der Waals surface area contributed by atoms with Crippen LogP contribution in [0.15, 0.2) is 40.9 Å². The molecule has 0 aliphatic heterocycles. The van der Waals surface area contributed by atoms with Crippen molar-refractivity contribution in [1.29, 1.82) is 0 Å². The summed E-state index contributed by atoms with van der Waals surface area (Å²) >= 11 is 1.68. The number of hydrogen-bond donors (Lipinski definition) is 8. The molecule has 1 aromatic rings. The van der Waals surface area contributed by atoms with Gasteiger partial charge in [-0.25, -0.2) is 0 Å². The number of allylic oxidation sites excluding steroid dienone is 1. The number of phenolic OH excluding ortho intramolecular Hbond substituents is 1. The number of Topliss-reactive ketones (excluding diaryl/α,β-unsaturated/α-hetero) is 2. The van der Waals surface area contributed by atoms with Gasteiger partial charge in [0, 0.05) is 47.2 Å². The van der Waals surface area contributed by atoms with Crippen LogP contribution in [-0.2, 0) is 23.9 Å². The second-order valence-electron chi connectivity index (χ2n) is 13.4. The van der Waals surface area contributed by atoms with E-state index in [0.29, 0.717) is 36.0 Å². The molecule has 15 heteroatoms. The van der Waals surface area contributed by atoms with Crippen LogP contribution < -0.4 is 16.4 Å². The van der Waals surface area contributed by atoms with E-state index in [2.05, 4.69) is 10.6 Å². The van der Waals surface area contributed by atoms with Gasteiger partial charge in [-0.2, -0.15) is 11.8 Å². The van der Waals surface area contributed by atoms with Gasteiger partial charge in [0.2, 0.25) is 5.78 Å². The number of unbranched alkanes of at least 4 members (excludes halogenated alkanes) is 1. The smallest absolute Gasteiger partial charge is 0.320 e. The topological polar surface area (TPSA) is 246 Å². The standard InChI is InChI=1S/C35H45N3O11S/c1-2-24(41)49-30-20-14-23(40)27(33(45)38-16-37-13-6-5-11-21(36)34(46)47)31(43)35(20,48)32(44)28-26(30)19(15-50-17-8-3-4-9-17)18-10-7-12-22(39)25(18)29(28)42/h7,10,12,17,19-21,26,30,37,39-40,44,48H,2-6,8-9,11,13-16,36H2,1H3,(H,38,45)(H,46,47)/t19-,20+,21?,26+,30+,35+/m0/s1. The van der Waals surface area contributed by atoms with Crippen molar-refractivity contribution in [3.05, 3.63) is 52.0 Å². The summed E-state index contributed by atoms with van der Waals surface area (Å²) < 4.78 is 5.92. The van der Waals surface area contributed by atoms with Gasteiger partial charge in [-0.15, -0.1) is 0 Å². The van der Waals surface area contributed by atoms with Crippen LogP contribution in [0.4, 0.5) is 0 Å². The first-order chi connectivity index (χ1) is 23.8. The van der Waals surface area contributed by atoms with Crippen molar-refractivity contribution in [2.24, 2.45) is 17.6 Å². The van der Waals surface area contributed by atoms with E-state index in [1.807, 2.05) is 0 Å². The van der Waals surface area contributed by atoms with Gasteiger partial charge in [0.25, 0.3) is 5.91 Å². The quantitative estimate of drug-likeness (QED) is 0.0597. The summed E-state index contributed by atoms with van der Waals surface area (Å²) in [5.41, 5.74) is 1.80. The van der Waals surface area contributed by atoms with E-state index in [4.69, 9.17) is 15.6 Å². The molecule has 272 valence electrons. The molecular formula is C35H45N3O11S. The summed E-state index contributed by atoms with van der Waals surface area (Å²) in [6.07, 6.45) is 3.54. The Morgan fingerprint density at radius 1 is 1.12 bits per heavy atom. The SMILES string of the molecule is CCC(=O)O[C@H]1[C@H]2C(=C(O)[C@]3(O)C(=O)C(C(=O)NCNCCCCC(N)C(=O)O)=C(O)C[C@H]13)C(=O)c1c(O)cccc1[C@@H]2CSC1CCCC1. The molecule has 0 bridgehead atoms. The molecule has 1 unspecified atom stereocenters. The average Bonchev–Trinajstić information content (AvgIpc) is 3.60. The highest BCUT2D eigenvalue weighted by atomic mass is 32.2. The van der Waals surface area contributed by atoms with Crippen LogP contribution in [0.5, 0.6) is 5.75 Å². The Labute approximate surface area is 293 Å². The molecule has 0 heterocycles. The van der Waals surface area contributed by atoms with Gasteiger partial charge >= 0.3 is 11.9 Å². The number of aliphatic carboxylic acids is 1. The number of ketones is 2. The third kappa shape index (κ3) is 7.00. The van der Waals surface area contributed by atoms with Crippen molar-refractivity contribution >= 4 is 41.2 Å². The molecule has 14 nitrogen and oxygen atoms in total. The number of nitrogens with two attached hydrogens (primary N) is 1. The predicted molar refractivity (Wildman–Crippen MR) is 181 cm³/mol. The van der Waals surface area contributed by atoms with Crippen molar-refractivity contribution in [3.63, 3.8) is 0 Å². The number of carboxylic acids is 1. The molecule has 0 saturated heterocycles. The fourth-order valence-electron chi connectivity index (χ4n) is 7.66. The molecule has 1 amide bonds. The number of carbonyl (C=O) groups is 5. The van der Waals surface area contributed by atoms with Crippen molar-refractivity contribution in [2.45, 2.75) is 93.6 Å². The summed E-state index contributed by atoms with van der Waals surface area (Å²) in [4.78, 5) is 65.3. The van der Waals surface area contributed by atoms with Crippen molar-refractivity contribution in [1.82, 2.24) is 10.6 Å². The third-order valence-corrected chi connectivity index (χ3v) is 11.8. The fourth-order valence-corrected chi connectivity index (χ4v) is 9.20. The zero-order chi connectivity index (χ0) is 36.3. The van der Waals surface area contributed by atoms with Crippen LogP contribution in [-0.4, -0.2) is 96.9 Å². The van der Waals surface area contributed by atoms with Crippen molar-refractivity contribution in [3.8, 4) is 5.75 Å². The second kappa shape index (κ2) is 15.5. The number of nitrogens with one attached hydrogen (secondary N) is 2. The number of benzene rings is 1. The Morgan fingerprint density at radius 3 is 2.52 bits per heavy atom. The van der Waals surface area contributed by atoms with E-state index >= 15 is 0 Å². The Bertz CT molecular complexity index is 1600. The summed E-state index contributed by atoms with van der Waals surface area (Å²) in [5.74, 6) is -9.69. The number of rotatable bonds is 14. The van der Waals surface area contributed by atoms with E-state index < -0.39 is 88.4 Å². The summed E-state index contributed by atoms with van der Waals surface area (Å²) in [7, 11) is 0. The molecule has 9 N–H and O–H groups in total. The summed E-state index contributed by atoms with van der Waals surface area (Å²) in [6.45, 7) is 1.77. The van der Waals surface area contributed by atoms with Crippen LogP contribution in [0, 0.1) is 11.8 Å². The van der Waals surface area contributed by atoms with Crippen LogP contribution in [0.1, 0.15) is 86.6 Å². The summed E-state index contributed by atoms with van der Waals surface area (Å²) in [6, 6.07) is 3.65. The number of fused-ring (bicyclic) bond motifs is 3. The van der Waals surface area contributed by atoms with Gasteiger partial charge in [0.1, 0.15) is 35.0 Å². The van der Waals surface area contributed by atoms with Crippen molar-refractivity contribution in [2.75, 3.05) is 19.0 Å². The Morgan fingerprint density at radius 2 is 1.84 bits per heavy atom. The zero-order valence-electron chi connectivity index (χ0n) is 27.9. The van der Waals surface area contributed by atoms with Gasteiger partial charge in [0.15, 0.2) is 11.4 Å². The molecule has 0 spiro atoms. The monoisotopic (exact) mass is 715 g/mol. The lowest BCUT2D eigenvalue weighted by molar-refractivity contribution is -0.174. The minimum absolute atomic E-state index is 0.0744. The number of hydrogen-bond acceptors (Lipinski definition) is 13. The van der Waals surface area contributed by atoms with Gasteiger partial charge in [0.05, 0.1) is 12.2 Å². The Balaban J connectivity index is 1.46. The second-order valence-corrected chi connectivity index (χ2v) is 14.7. The molecule has 0 aromatic heterocycles. The lowest BCUT2D eigenvalue weighted by Crippen LogP contribution is -2.63. The van der Waals surface area contributed by atoms with E-state index in [1.165, 1.54) is 6.07 Å². The largest absolute Gasteiger partial charge is 0.511 e. The maximum atomic E-state index is 14.2. The number of carbonyl (C=O) groups excluding carboxylic acids is 4. The molecule has 1 saturated carbocycles. The predicted octanol–water partition coefficient (Wildman–Crippen LogP) is 2.49. The van der Waals surface area contributed by atoms with E-state index in [0.717, 1.165) is 25.7 Å². The Kier molecular flexibility index (Phi) is 11.6. The molecule has 1 fully saturated rings. The minimum Gasteiger partial charge on any atom is -0.511 e. The molecule has 6 atom stereocenters. The number of ether oxygens (including phenoxy) is 1. The lowest BCUT2D eigenvalue weighted by Gasteiger charge is -2.51. The third-order valence-electron chi connectivity index (χ3n) is 10.3. The van der Waals surface area contributed by atoms with Gasteiger partial charge in [-0.3, -0.25) is 29.3 Å². The highest BCUT2D eigenvalue weighted by Crippen LogP contribution is 2.56. The molecule has 4 aliphatic rings. The number of aliphatic hydroxyl groups excluding tert-OH is 2. The van der Waals surface area contributed by atoms with Crippen LogP contribution in [0.3, 0.4) is 0 Å². The van der Waals surface area contributed by atoms with E-state index in [1.54, 1.807) is 30.8 Å². The van der Waals surface area contributed by atoms with E-state index in [-0.39, 0.29) is 36.4 Å². The molecule has 1 aromatic carbocycles. The highest BCUT2D eigenvalue weighted by molar-refractivity contribution is 7.99. The van der Waals surface area contributed by atoms with Crippen molar-refractivity contribution < 1.29 is 54.2 Å². The van der Waals surface area contributed by atoms with Crippen LogP contribution >= 0.6 is 11.8 Å². The number of aromatic hydroxyl groups is 1. The normalized spacial score (nSPS) is 27.0. The number of thioether (sulfide) groups is 1. The first kappa shape index (κ1) is 37.3. The minimum atomic E-state index is -2.92. The first-order valence-corrected chi connectivity index (χ1v) is 18.1. The number of amides is 1. The summed E-state index contributed by atoms with van der Waals surface area (Å²) in [5, 5.41) is 60.6. The molecule has 5 rings (SSSR count). The number of phenols is 1. The highest BCUT2D eigenvalue weighted by Gasteiger charge is 2.66. The molecule has 50 heavy (non-hydrogen) atoms. The van der Waals surface area contributed by atoms with Crippen LogP contribution in [0.25, 0.3) is 0 Å².